The van der Waals surface area contributed by atoms with Crippen LogP contribution in [0.2, 0.25) is 0 Å². The molecule has 1 fully saturated rings. The number of nitrogens with zero attached hydrogens (tertiary/aromatic N) is 3. The summed E-state index contributed by atoms with van der Waals surface area (Å²) in [5.41, 5.74) is 4.06. The number of hydrogen-bond donors (Lipinski definition) is 1. The van der Waals surface area contributed by atoms with Crippen molar-refractivity contribution in [3.05, 3.63) is 70.8 Å². The van der Waals surface area contributed by atoms with Crippen LogP contribution in [0.1, 0.15) is 44.9 Å². The number of amides is 2. The lowest BCUT2D eigenvalue weighted by atomic mass is 10.0. The van der Waals surface area contributed by atoms with Crippen molar-refractivity contribution in [2.24, 2.45) is 0 Å². The molecule has 0 radical (unpaired) electrons. The number of piperidine rings is 1. The number of aromatic nitrogens is 2. The Hall–Kier alpha value is -3.35. The van der Waals surface area contributed by atoms with E-state index in [9.17, 15) is 14.0 Å². The maximum absolute atomic E-state index is 13.4. The Balaban J connectivity index is 1.38. The lowest BCUT2D eigenvalue weighted by Crippen LogP contribution is -2.46. The number of halogens is 1. The molecule has 0 atom stereocenters. The third kappa shape index (κ3) is 4.15. The van der Waals surface area contributed by atoms with Crippen molar-refractivity contribution in [1.82, 2.24) is 20.2 Å². The zero-order valence-electron chi connectivity index (χ0n) is 17.0. The molecule has 1 aliphatic rings. The third-order valence-electron chi connectivity index (χ3n) is 5.53. The Morgan fingerprint density at radius 3 is 2.37 bits per heavy atom. The molecule has 0 unspecified atom stereocenters. The first-order valence-electron chi connectivity index (χ1n) is 10.0. The van der Waals surface area contributed by atoms with Crippen molar-refractivity contribution in [1.29, 1.82) is 0 Å². The van der Waals surface area contributed by atoms with E-state index in [0.717, 1.165) is 16.9 Å². The maximum atomic E-state index is 13.4. The Morgan fingerprint density at radius 2 is 1.67 bits per heavy atom. The summed E-state index contributed by atoms with van der Waals surface area (Å²) < 4.78 is 13.4. The van der Waals surface area contributed by atoms with E-state index in [-0.39, 0.29) is 17.9 Å². The van der Waals surface area contributed by atoms with Gasteiger partial charge in [-0.2, -0.15) is 0 Å². The van der Waals surface area contributed by atoms with E-state index in [4.69, 9.17) is 0 Å². The van der Waals surface area contributed by atoms with Gasteiger partial charge < -0.3 is 10.2 Å². The van der Waals surface area contributed by atoms with E-state index >= 15 is 0 Å². The lowest BCUT2D eigenvalue weighted by molar-refractivity contribution is 0.0697. The molecule has 0 aliphatic carbocycles. The van der Waals surface area contributed by atoms with Crippen LogP contribution in [-0.2, 0) is 0 Å². The van der Waals surface area contributed by atoms with Gasteiger partial charge in [0, 0.05) is 30.3 Å². The fraction of sp³-hybridized carbons (Fsp3) is 0.304. The summed E-state index contributed by atoms with van der Waals surface area (Å²) in [5.74, 6) is -0.765. The molecule has 6 nitrogen and oxygen atoms in total. The summed E-state index contributed by atoms with van der Waals surface area (Å²) in [6.45, 7) is 4.84. The average molecular weight is 406 g/mol. The topological polar surface area (TPSA) is 75.2 Å². The van der Waals surface area contributed by atoms with E-state index in [2.05, 4.69) is 15.3 Å². The molecule has 1 aromatic heterocycles. The van der Waals surface area contributed by atoms with Gasteiger partial charge in [0.1, 0.15) is 5.82 Å². The Kier molecular flexibility index (Phi) is 5.44. The first kappa shape index (κ1) is 19.9. The second-order valence-corrected chi connectivity index (χ2v) is 7.65. The second-order valence-electron chi connectivity index (χ2n) is 7.65. The van der Waals surface area contributed by atoms with Crippen LogP contribution in [0.15, 0.2) is 42.5 Å². The number of carbonyl (C=O) groups excluding carboxylic acids is 2. The lowest BCUT2D eigenvalue weighted by Gasteiger charge is -2.32. The van der Waals surface area contributed by atoms with E-state index in [1.165, 1.54) is 18.2 Å². The van der Waals surface area contributed by atoms with Gasteiger partial charge in [0.2, 0.25) is 0 Å². The molecule has 1 aliphatic heterocycles. The number of fused-ring (bicyclic) bond motifs is 1. The molecule has 7 heteroatoms. The van der Waals surface area contributed by atoms with Crippen molar-refractivity contribution in [3.63, 3.8) is 0 Å². The summed E-state index contributed by atoms with van der Waals surface area (Å²) >= 11 is 0. The van der Waals surface area contributed by atoms with Crippen molar-refractivity contribution in [3.8, 4) is 0 Å². The molecule has 0 spiro atoms. The van der Waals surface area contributed by atoms with E-state index in [0.29, 0.717) is 42.6 Å². The zero-order valence-corrected chi connectivity index (χ0v) is 17.0. The molecular weight excluding hydrogens is 383 g/mol. The number of hydrogen-bond acceptors (Lipinski definition) is 4. The predicted octanol–water partition coefficient (Wildman–Crippen LogP) is 3.42. The van der Waals surface area contributed by atoms with Crippen molar-refractivity contribution in [2.45, 2.75) is 32.7 Å². The van der Waals surface area contributed by atoms with Crippen LogP contribution in [-0.4, -0.2) is 45.8 Å². The van der Waals surface area contributed by atoms with Gasteiger partial charge in [0.25, 0.3) is 11.8 Å². The molecule has 2 amide bonds. The Labute approximate surface area is 174 Å². The second kappa shape index (κ2) is 8.18. The van der Waals surface area contributed by atoms with Gasteiger partial charge in [-0.15, -0.1) is 0 Å². The number of rotatable bonds is 3. The highest BCUT2D eigenvalue weighted by atomic mass is 19.1. The molecule has 0 saturated carbocycles. The monoisotopic (exact) mass is 406 g/mol. The number of benzene rings is 2. The highest BCUT2D eigenvalue weighted by Gasteiger charge is 2.25. The molecule has 2 heterocycles. The van der Waals surface area contributed by atoms with Crippen LogP contribution in [0.25, 0.3) is 11.0 Å². The molecule has 2 aromatic carbocycles. The Bertz CT molecular complexity index is 1120. The fourth-order valence-electron chi connectivity index (χ4n) is 3.67. The van der Waals surface area contributed by atoms with Crippen LogP contribution in [0, 0.1) is 19.7 Å². The van der Waals surface area contributed by atoms with E-state index in [1.54, 1.807) is 23.1 Å². The minimum atomic E-state index is -0.423. The van der Waals surface area contributed by atoms with Crippen LogP contribution in [0.3, 0.4) is 0 Å². The molecule has 30 heavy (non-hydrogen) atoms. The quantitative estimate of drug-likeness (QED) is 0.723. The smallest absolute Gasteiger partial charge is 0.253 e. The standard InChI is InChI=1S/C23H23FN4O2/c1-14-15(2)26-21-13-16(6-7-20(21)25-14)22(29)27-19-8-10-28(11-9-19)23(30)17-4-3-5-18(24)12-17/h3-7,12-13,19H,8-11H2,1-2H3,(H,27,29). The fourth-order valence-corrected chi connectivity index (χ4v) is 3.67. The first-order chi connectivity index (χ1) is 14.4. The van der Waals surface area contributed by atoms with Gasteiger partial charge in [0.05, 0.1) is 22.4 Å². The van der Waals surface area contributed by atoms with Crippen LogP contribution < -0.4 is 5.32 Å². The molecular formula is C23H23FN4O2. The van der Waals surface area contributed by atoms with Gasteiger partial charge in [-0.3, -0.25) is 9.59 Å². The summed E-state index contributed by atoms with van der Waals surface area (Å²) in [5, 5.41) is 3.05. The number of likely N-dealkylation sites (tertiary alicyclic amines) is 1. The highest BCUT2D eigenvalue weighted by molar-refractivity contribution is 5.97. The molecule has 154 valence electrons. The summed E-state index contributed by atoms with van der Waals surface area (Å²) in [6, 6.07) is 11.0. The number of nitrogens with one attached hydrogen (secondary N) is 1. The zero-order chi connectivity index (χ0) is 21.3. The maximum Gasteiger partial charge on any atom is 0.253 e. The van der Waals surface area contributed by atoms with Gasteiger partial charge in [0.15, 0.2) is 0 Å². The van der Waals surface area contributed by atoms with Gasteiger partial charge in [-0.1, -0.05) is 6.07 Å². The van der Waals surface area contributed by atoms with Crippen LogP contribution in [0.4, 0.5) is 4.39 Å². The predicted molar refractivity (Wildman–Crippen MR) is 112 cm³/mol. The molecule has 1 saturated heterocycles. The Morgan fingerprint density at radius 1 is 0.967 bits per heavy atom. The van der Waals surface area contributed by atoms with Crippen molar-refractivity contribution in [2.75, 3.05) is 13.1 Å². The minimum absolute atomic E-state index is 0.0180. The van der Waals surface area contributed by atoms with E-state index in [1.807, 2.05) is 19.9 Å². The molecule has 3 aromatic rings. The minimum Gasteiger partial charge on any atom is -0.349 e. The average Bonchev–Trinajstić information content (AvgIpc) is 2.74. The largest absolute Gasteiger partial charge is 0.349 e. The number of aryl methyl sites for hydroxylation is 2. The van der Waals surface area contributed by atoms with Crippen LogP contribution >= 0.6 is 0 Å². The van der Waals surface area contributed by atoms with Crippen molar-refractivity contribution >= 4 is 22.8 Å². The van der Waals surface area contributed by atoms with Gasteiger partial charge in [-0.05, 0) is 63.1 Å². The summed E-state index contributed by atoms with van der Waals surface area (Å²) in [6.07, 6.45) is 1.30. The highest BCUT2D eigenvalue weighted by Crippen LogP contribution is 2.17. The molecule has 0 bridgehead atoms. The summed E-state index contributed by atoms with van der Waals surface area (Å²) in [4.78, 5) is 35.9. The third-order valence-corrected chi connectivity index (χ3v) is 5.53. The molecule has 4 rings (SSSR count). The molecule has 1 N–H and O–H groups in total. The van der Waals surface area contributed by atoms with Crippen molar-refractivity contribution < 1.29 is 14.0 Å². The van der Waals surface area contributed by atoms with Gasteiger partial charge in [-0.25, -0.2) is 14.4 Å². The first-order valence-corrected chi connectivity index (χ1v) is 10.0. The SMILES string of the molecule is Cc1nc2ccc(C(=O)NC3CCN(C(=O)c4cccc(F)c4)CC3)cc2nc1C. The summed E-state index contributed by atoms with van der Waals surface area (Å²) in [7, 11) is 0. The van der Waals surface area contributed by atoms with Crippen LogP contribution in [0.5, 0.6) is 0 Å². The number of carbonyl (C=O) groups is 2. The normalized spacial score (nSPS) is 14.7. The van der Waals surface area contributed by atoms with Gasteiger partial charge >= 0.3 is 0 Å². The van der Waals surface area contributed by atoms with E-state index < -0.39 is 5.82 Å².